The third-order valence-electron chi connectivity index (χ3n) is 7.01. The van der Waals surface area contributed by atoms with E-state index in [4.69, 9.17) is 18.9 Å². The molecule has 1 atom stereocenters. The smallest absolute Gasteiger partial charge is 0.339 e. The average molecular weight is 645 g/mol. The van der Waals surface area contributed by atoms with E-state index in [-0.39, 0.29) is 30.5 Å². The van der Waals surface area contributed by atoms with Crippen molar-refractivity contribution in [3.8, 4) is 11.4 Å². The molecule has 4 heterocycles. The lowest BCUT2D eigenvalue weighted by atomic mass is 10.1. The molecule has 0 aliphatic carbocycles. The van der Waals surface area contributed by atoms with Gasteiger partial charge in [0.1, 0.15) is 16.7 Å². The van der Waals surface area contributed by atoms with Crippen molar-refractivity contribution in [1.29, 1.82) is 0 Å². The molecule has 216 valence electrons. The Morgan fingerprint density at radius 1 is 1.22 bits per heavy atom. The molecular weight excluding hydrogens is 614 g/mol. The van der Waals surface area contributed by atoms with Crippen LogP contribution in [0.25, 0.3) is 15.9 Å². The van der Waals surface area contributed by atoms with E-state index in [0.29, 0.717) is 34.7 Å². The lowest BCUT2D eigenvalue weighted by Crippen LogP contribution is -2.40. The molecule has 12 heteroatoms. The van der Waals surface area contributed by atoms with Gasteiger partial charge in [0.05, 0.1) is 53.0 Å². The zero-order valence-electron chi connectivity index (χ0n) is 22.9. The number of aromatic nitrogens is 3. The van der Waals surface area contributed by atoms with E-state index < -0.39 is 23.3 Å². The average Bonchev–Trinajstić information content (AvgIpc) is 3.29. The number of para-hydroxylation sites is 1. The molecule has 1 saturated heterocycles. The van der Waals surface area contributed by atoms with Gasteiger partial charge >= 0.3 is 11.7 Å². The quantitative estimate of drug-likeness (QED) is 0.239. The first-order valence-corrected chi connectivity index (χ1v) is 14.9. The number of carbonyl (C=O) groups excluding carboxylic acids is 1. The van der Waals surface area contributed by atoms with Gasteiger partial charge in [-0.1, -0.05) is 18.2 Å². The molecule has 0 bridgehead atoms. The second-order valence-corrected chi connectivity index (χ2v) is 11.9. The summed E-state index contributed by atoms with van der Waals surface area (Å²) in [7, 11) is 1.60. The fraction of sp³-hybridized carbons (Fsp3) is 0.379. The normalized spacial score (nSPS) is 14.7. The van der Waals surface area contributed by atoms with Crippen molar-refractivity contribution in [3.05, 3.63) is 84.0 Å². The topological polar surface area (TPSA) is 111 Å². The van der Waals surface area contributed by atoms with Crippen molar-refractivity contribution in [2.24, 2.45) is 0 Å². The third kappa shape index (κ3) is 5.87. The zero-order chi connectivity index (χ0) is 29.1. The molecule has 0 spiro atoms. The predicted octanol–water partition coefficient (Wildman–Crippen LogP) is 4.80. The number of pyridine rings is 1. The fourth-order valence-corrected chi connectivity index (χ4v) is 6.63. The van der Waals surface area contributed by atoms with E-state index in [1.807, 2.05) is 31.2 Å². The van der Waals surface area contributed by atoms with Gasteiger partial charge in [-0.25, -0.2) is 14.2 Å². The van der Waals surface area contributed by atoms with Gasteiger partial charge in [0, 0.05) is 25.0 Å². The van der Waals surface area contributed by atoms with E-state index in [9.17, 15) is 14.4 Å². The Morgan fingerprint density at radius 2 is 1.98 bits per heavy atom. The molecule has 10 nitrogen and oxygen atoms in total. The number of benzene rings is 1. The molecule has 0 saturated carbocycles. The molecule has 41 heavy (non-hydrogen) atoms. The second-order valence-electron chi connectivity index (χ2n) is 9.55. The maximum atomic E-state index is 14.2. The highest BCUT2D eigenvalue weighted by atomic mass is 79.9. The zero-order valence-corrected chi connectivity index (χ0v) is 25.3. The largest absolute Gasteiger partial charge is 0.496 e. The van der Waals surface area contributed by atoms with Crippen LogP contribution in [0.1, 0.15) is 47.4 Å². The van der Waals surface area contributed by atoms with Crippen molar-refractivity contribution >= 4 is 43.5 Å². The molecule has 3 aromatic heterocycles. The molecule has 0 N–H and O–H groups in total. The molecule has 0 radical (unpaired) electrons. The summed E-state index contributed by atoms with van der Waals surface area (Å²) in [6.45, 7) is 5.02. The van der Waals surface area contributed by atoms with E-state index >= 15 is 0 Å². The number of aryl methyl sites for hydroxylation is 1. The highest BCUT2D eigenvalue weighted by molar-refractivity contribution is 9.11. The van der Waals surface area contributed by atoms with Crippen molar-refractivity contribution < 1.29 is 23.7 Å². The predicted molar refractivity (Wildman–Crippen MR) is 159 cm³/mol. The third-order valence-corrected chi connectivity index (χ3v) is 9.19. The fourth-order valence-electron chi connectivity index (χ4n) is 4.94. The number of esters is 1. The maximum absolute atomic E-state index is 14.2. The van der Waals surface area contributed by atoms with Gasteiger partial charge in [-0.2, -0.15) is 0 Å². The van der Waals surface area contributed by atoms with Crippen LogP contribution < -0.4 is 16.0 Å². The summed E-state index contributed by atoms with van der Waals surface area (Å²) in [6.07, 6.45) is 3.55. The van der Waals surface area contributed by atoms with Gasteiger partial charge in [0.15, 0.2) is 0 Å². The van der Waals surface area contributed by atoms with Gasteiger partial charge in [0.25, 0.3) is 5.56 Å². The number of carbonyl (C=O) groups is 1. The highest BCUT2D eigenvalue weighted by Crippen LogP contribution is 2.35. The van der Waals surface area contributed by atoms with Crippen LogP contribution >= 0.6 is 27.3 Å². The number of nitrogens with zero attached hydrogens (tertiary/aromatic N) is 3. The molecule has 1 aliphatic heterocycles. The number of halogens is 1. The molecule has 1 fully saturated rings. The summed E-state index contributed by atoms with van der Waals surface area (Å²) in [5.41, 5.74) is 0.739. The Morgan fingerprint density at radius 3 is 2.71 bits per heavy atom. The Balaban J connectivity index is 1.69. The molecule has 1 aromatic carbocycles. The Kier molecular flexibility index (Phi) is 9.03. The number of rotatable bonds is 9. The summed E-state index contributed by atoms with van der Waals surface area (Å²) in [4.78, 5) is 45.1. The van der Waals surface area contributed by atoms with Crippen molar-refractivity contribution in [3.63, 3.8) is 0 Å². The monoisotopic (exact) mass is 643 g/mol. The summed E-state index contributed by atoms with van der Waals surface area (Å²) >= 11 is 4.88. The lowest BCUT2D eigenvalue weighted by molar-refractivity contribution is -0.0752. The standard InChI is InChI=1S/C29H30BrN3O7S/c1-4-39-28(35)18-13-19(15-31-14-18)33-26(34)24-17(2)25(30)41-27(24)32(29(33)36)16-23(40-20-9-11-38-12-10-20)21-7-5-6-8-22(21)37-3/h5-8,13-15,20,23H,4,9-12,16H2,1-3H3/t23-/m0/s1. The van der Waals surface area contributed by atoms with Gasteiger partial charge < -0.3 is 18.9 Å². The van der Waals surface area contributed by atoms with Crippen LogP contribution in [0.15, 0.2) is 56.1 Å². The van der Waals surface area contributed by atoms with Crippen LogP contribution in [-0.2, 0) is 20.8 Å². The number of hydrogen-bond acceptors (Lipinski definition) is 9. The number of thiophene rings is 1. The second kappa shape index (κ2) is 12.7. The highest BCUT2D eigenvalue weighted by Gasteiger charge is 2.27. The number of fused-ring (bicyclic) bond motifs is 1. The van der Waals surface area contributed by atoms with Crippen LogP contribution in [-0.4, -0.2) is 53.1 Å². The minimum Gasteiger partial charge on any atom is -0.496 e. The van der Waals surface area contributed by atoms with Crippen molar-refractivity contribution in [2.45, 2.75) is 45.4 Å². The minimum absolute atomic E-state index is 0.0713. The summed E-state index contributed by atoms with van der Waals surface area (Å²) in [5, 5.41) is 0.396. The molecule has 1 aliphatic rings. The molecule has 0 unspecified atom stereocenters. The molecular formula is C29H30BrN3O7S. The van der Waals surface area contributed by atoms with Crippen molar-refractivity contribution in [2.75, 3.05) is 26.9 Å². The Bertz CT molecular complexity index is 1690. The van der Waals surface area contributed by atoms with E-state index in [1.165, 1.54) is 29.8 Å². The SMILES string of the molecule is CCOC(=O)c1cncc(-n2c(=O)c3c(C)c(Br)sc3n(C[C@H](OC3CCOCC3)c3ccccc3OC)c2=O)c1. The lowest BCUT2D eigenvalue weighted by Gasteiger charge is -2.29. The number of hydrogen-bond donors (Lipinski definition) is 0. The van der Waals surface area contributed by atoms with Gasteiger partial charge in [0.2, 0.25) is 0 Å². The molecule has 4 aromatic rings. The Hall–Kier alpha value is -3.32. The summed E-state index contributed by atoms with van der Waals surface area (Å²) in [5.74, 6) is 0.0453. The molecule has 5 rings (SSSR count). The van der Waals surface area contributed by atoms with Crippen LogP contribution in [0.2, 0.25) is 0 Å². The maximum Gasteiger partial charge on any atom is 0.339 e. The van der Waals surface area contributed by atoms with Gasteiger partial charge in [-0.3, -0.25) is 14.3 Å². The number of methoxy groups -OCH3 is 1. The summed E-state index contributed by atoms with van der Waals surface area (Å²) in [6, 6.07) is 8.99. The van der Waals surface area contributed by atoms with Crippen molar-refractivity contribution in [1.82, 2.24) is 14.1 Å². The molecule has 0 amide bonds. The van der Waals surface area contributed by atoms with Crippen LogP contribution in [0.4, 0.5) is 0 Å². The van der Waals surface area contributed by atoms with Crippen LogP contribution in [0.5, 0.6) is 5.75 Å². The Labute approximate surface area is 248 Å². The first-order valence-electron chi connectivity index (χ1n) is 13.3. The van der Waals surface area contributed by atoms with E-state index in [1.54, 1.807) is 18.6 Å². The van der Waals surface area contributed by atoms with E-state index in [2.05, 4.69) is 20.9 Å². The van der Waals surface area contributed by atoms with Crippen LogP contribution in [0.3, 0.4) is 0 Å². The number of ether oxygens (including phenoxy) is 4. The first-order chi connectivity index (χ1) is 19.8. The summed E-state index contributed by atoms with van der Waals surface area (Å²) < 4.78 is 26.3. The minimum atomic E-state index is -0.591. The van der Waals surface area contributed by atoms with Crippen LogP contribution in [0, 0.1) is 6.92 Å². The first kappa shape index (κ1) is 29.2. The van der Waals surface area contributed by atoms with Gasteiger partial charge in [-0.05, 0) is 60.3 Å². The van der Waals surface area contributed by atoms with E-state index in [0.717, 1.165) is 26.8 Å². The van der Waals surface area contributed by atoms with Gasteiger partial charge in [-0.15, -0.1) is 11.3 Å².